The Bertz CT molecular complexity index is 500. The summed E-state index contributed by atoms with van der Waals surface area (Å²) in [7, 11) is 0. The lowest BCUT2D eigenvalue weighted by atomic mass is 10.3. The number of hydrogen-bond acceptors (Lipinski definition) is 3. The van der Waals surface area contributed by atoms with Crippen molar-refractivity contribution in [2.24, 2.45) is 0 Å². The van der Waals surface area contributed by atoms with Crippen LogP contribution >= 0.6 is 0 Å². The number of anilines is 1. The summed E-state index contributed by atoms with van der Waals surface area (Å²) in [4.78, 5) is 6.77. The average molecular weight is 202 g/mol. The first-order valence-corrected chi connectivity index (χ1v) is 5.35. The molecule has 1 aliphatic rings. The van der Waals surface area contributed by atoms with Gasteiger partial charge < -0.3 is 4.90 Å². The second-order valence-corrected chi connectivity index (χ2v) is 4.25. The minimum Gasteiger partial charge on any atom is -0.353 e. The van der Waals surface area contributed by atoms with Gasteiger partial charge in [0, 0.05) is 30.4 Å². The number of rotatable bonds is 1. The van der Waals surface area contributed by atoms with E-state index in [4.69, 9.17) is 0 Å². The van der Waals surface area contributed by atoms with Gasteiger partial charge in [0.1, 0.15) is 5.82 Å². The number of fused-ring (bicyclic) bond motifs is 3. The van der Waals surface area contributed by atoms with E-state index in [-0.39, 0.29) is 0 Å². The first-order chi connectivity index (χ1) is 7.27. The standard InChI is InChI=1S/C11H14N4/c1-8(2)14-6-4-9-7-12-10-3-5-13-15(10)11(9)14/h3,5,7-8H,4,6H2,1-2H3. The van der Waals surface area contributed by atoms with Crippen LogP contribution in [0.2, 0.25) is 0 Å². The summed E-state index contributed by atoms with van der Waals surface area (Å²) in [6.07, 6.45) is 4.87. The van der Waals surface area contributed by atoms with E-state index in [1.54, 1.807) is 6.20 Å². The molecule has 0 spiro atoms. The lowest BCUT2D eigenvalue weighted by Gasteiger charge is -2.23. The molecule has 4 nitrogen and oxygen atoms in total. The van der Waals surface area contributed by atoms with Crippen molar-refractivity contribution in [1.82, 2.24) is 14.6 Å². The van der Waals surface area contributed by atoms with Crippen molar-refractivity contribution in [2.75, 3.05) is 11.4 Å². The minimum absolute atomic E-state index is 0.515. The van der Waals surface area contributed by atoms with Gasteiger partial charge in [-0.3, -0.25) is 0 Å². The van der Waals surface area contributed by atoms with E-state index in [1.165, 1.54) is 11.4 Å². The zero-order chi connectivity index (χ0) is 10.4. The number of nitrogens with zero attached hydrogens (tertiary/aromatic N) is 4. The third-order valence-electron chi connectivity index (χ3n) is 2.98. The molecule has 0 amide bonds. The Labute approximate surface area is 88.5 Å². The predicted octanol–water partition coefficient (Wildman–Crippen LogP) is 1.50. The van der Waals surface area contributed by atoms with Crippen molar-refractivity contribution in [3.63, 3.8) is 0 Å². The molecule has 3 heterocycles. The molecule has 0 radical (unpaired) electrons. The zero-order valence-electron chi connectivity index (χ0n) is 9.01. The van der Waals surface area contributed by atoms with Crippen LogP contribution in [0.5, 0.6) is 0 Å². The molecule has 0 aliphatic carbocycles. The molecule has 3 rings (SSSR count). The SMILES string of the molecule is CC(C)N1CCc2cnc3ccnn3c21. The summed E-state index contributed by atoms with van der Waals surface area (Å²) in [6.45, 7) is 5.50. The molecule has 1 aliphatic heterocycles. The fraction of sp³-hybridized carbons (Fsp3) is 0.455. The summed E-state index contributed by atoms with van der Waals surface area (Å²) in [5.41, 5.74) is 2.24. The molecule has 0 saturated heterocycles. The van der Waals surface area contributed by atoms with Gasteiger partial charge in [0.2, 0.25) is 0 Å². The van der Waals surface area contributed by atoms with E-state index in [2.05, 4.69) is 28.8 Å². The van der Waals surface area contributed by atoms with Crippen LogP contribution in [0.1, 0.15) is 19.4 Å². The quantitative estimate of drug-likeness (QED) is 0.702. The minimum atomic E-state index is 0.515. The first kappa shape index (κ1) is 8.71. The van der Waals surface area contributed by atoms with Crippen LogP contribution in [0.25, 0.3) is 5.65 Å². The Kier molecular flexibility index (Phi) is 1.71. The summed E-state index contributed by atoms with van der Waals surface area (Å²) in [6, 6.07) is 2.46. The molecule has 0 N–H and O–H groups in total. The maximum atomic E-state index is 4.38. The molecule has 0 aromatic carbocycles. The average Bonchev–Trinajstić information content (AvgIpc) is 2.82. The number of hydrogen-bond donors (Lipinski definition) is 0. The van der Waals surface area contributed by atoms with Crippen LogP contribution < -0.4 is 4.90 Å². The highest BCUT2D eigenvalue weighted by Gasteiger charge is 2.24. The van der Waals surface area contributed by atoms with Crippen LogP contribution in [0, 0.1) is 0 Å². The van der Waals surface area contributed by atoms with Gasteiger partial charge in [-0.25, -0.2) is 4.98 Å². The molecular formula is C11H14N4. The Morgan fingerprint density at radius 2 is 2.27 bits per heavy atom. The van der Waals surface area contributed by atoms with Gasteiger partial charge in [-0.15, -0.1) is 0 Å². The second-order valence-electron chi connectivity index (χ2n) is 4.25. The van der Waals surface area contributed by atoms with Crippen molar-refractivity contribution in [1.29, 1.82) is 0 Å². The molecule has 2 aromatic rings. The van der Waals surface area contributed by atoms with E-state index in [0.29, 0.717) is 6.04 Å². The third-order valence-corrected chi connectivity index (χ3v) is 2.98. The van der Waals surface area contributed by atoms with Crippen LogP contribution in [0.4, 0.5) is 5.82 Å². The Morgan fingerprint density at radius 3 is 3.07 bits per heavy atom. The second kappa shape index (κ2) is 2.95. The molecular weight excluding hydrogens is 188 g/mol. The molecule has 78 valence electrons. The van der Waals surface area contributed by atoms with Crippen molar-refractivity contribution in [3.8, 4) is 0 Å². The van der Waals surface area contributed by atoms with Crippen molar-refractivity contribution in [2.45, 2.75) is 26.3 Å². The Morgan fingerprint density at radius 1 is 1.40 bits per heavy atom. The van der Waals surface area contributed by atoms with Gasteiger partial charge in [-0.05, 0) is 20.3 Å². The molecule has 15 heavy (non-hydrogen) atoms. The maximum absolute atomic E-state index is 4.38. The van der Waals surface area contributed by atoms with Gasteiger partial charge in [0.05, 0.1) is 6.20 Å². The van der Waals surface area contributed by atoms with E-state index >= 15 is 0 Å². The summed E-state index contributed by atoms with van der Waals surface area (Å²) >= 11 is 0. The monoisotopic (exact) mass is 202 g/mol. The van der Waals surface area contributed by atoms with Gasteiger partial charge >= 0.3 is 0 Å². The van der Waals surface area contributed by atoms with Crippen LogP contribution in [0.15, 0.2) is 18.5 Å². The van der Waals surface area contributed by atoms with Crippen LogP contribution in [-0.4, -0.2) is 27.2 Å². The summed E-state index contributed by atoms with van der Waals surface area (Å²) in [5, 5.41) is 4.34. The van der Waals surface area contributed by atoms with Crippen LogP contribution in [-0.2, 0) is 6.42 Å². The molecule has 0 bridgehead atoms. The topological polar surface area (TPSA) is 33.4 Å². The Balaban J connectivity index is 2.27. The first-order valence-electron chi connectivity index (χ1n) is 5.35. The molecule has 4 heteroatoms. The van der Waals surface area contributed by atoms with Crippen molar-refractivity contribution < 1.29 is 0 Å². The highest BCUT2D eigenvalue weighted by Crippen LogP contribution is 2.28. The number of aromatic nitrogens is 3. The molecule has 0 unspecified atom stereocenters. The maximum Gasteiger partial charge on any atom is 0.157 e. The highest BCUT2D eigenvalue weighted by molar-refractivity contribution is 5.57. The largest absolute Gasteiger partial charge is 0.353 e. The fourth-order valence-corrected chi connectivity index (χ4v) is 2.23. The fourth-order valence-electron chi connectivity index (χ4n) is 2.23. The summed E-state index contributed by atoms with van der Waals surface area (Å²) in [5.74, 6) is 1.22. The van der Waals surface area contributed by atoms with Gasteiger partial charge in [-0.2, -0.15) is 9.61 Å². The lowest BCUT2D eigenvalue weighted by Crippen LogP contribution is -2.30. The van der Waals surface area contributed by atoms with Crippen molar-refractivity contribution >= 4 is 11.5 Å². The van der Waals surface area contributed by atoms with Crippen molar-refractivity contribution in [3.05, 3.63) is 24.0 Å². The molecule has 0 saturated carbocycles. The van der Waals surface area contributed by atoms with Crippen LogP contribution in [0.3, 0.4) is 0 Å². The molecule has 0 fully saturated rings. The van der Waals surface area contributed by atoms with E-state index in [9.17, 15) is 0 Å². The highest BCUT2D eigenvalue weighted by atomic mass is 15.4. The summed E-state index contributed by atoms with van der Waals surface area (Å²) < 4.78 is 1.95. The lowest BCUT2D eigenvalue weighted by molar-refractivity contribution is 0.691. The van der Waals surface area contributed by atoms with Gasteiger partial charge in [0.15, 0.2) is 5.65 Å². The Hall–Kier alpha value is -1.58. The van der Waals surface area contributed by atoms with Gasteiger partial charge in [-0.1, -0.05) is 0 Å². The van der Waals surface area contributed by atoms with E-state index in [0.717, 1.165) is 18.6 Å². The molecule has 2 aromatic heterocycles. The smallest absolute Gasteiger partial charge is 0.157 e. The molecule has 0 atom stereocenters. The van der Waals surface area contributed by atoms with Gasteiger partial charge in [0.25, 0.3) is 0 Å². The third kappa shape index (κ3) is 1.14. The predicted molar refractivity (Wildman–Crippen MR) is 59.2 cm³/mol. The zero-order valence-corrected chi connectivity index (χ0v) is 9.01. The normalized spacial score (nSPS) is 15.3. The van der Waals surface area contributed by atoms with E-state index in [1.807, 2.05) is 16.8 Å². The van der Waals surface area contributed by atoms with E-state index < -0.39 is 0 Å².